The highest BCUT2D eigenvalue weighted by Gasteiger charge is 2.50. The number of Topliss-reactive ketones (excluding diaryl/α,β-unsaturated/α-hetero) is 1. The minimum Gasteiger partial charge on any atom is -0.496 e. The Morgan fingerprint density at radius 1 is 1.00 bits per heavy atom. The largest absolute Gasteiger partial charge is 0.496 e. The van der Waals surface area contributed by atoms with E-state index in [9.17, 15) is 14.4 Å². The first kappa shape index (κ1) is 24.0. The Hall–Kier alpha value is -3.19. The fourth-order valence-corrected chi connectivity index (χ4v) is 4.92. The van der Waals surface area contributed by atoms with Gasteiger partial charge in [-0.15, -0.1) is 0 Å². The summed E-state index contributed by atoms with van der Waals surface area (Å²) in [5.41, 5.74) is 2.02. The molecule has 1 N–H and O–H groups in total. The minimum atomic E-state index is -0.706. The number of ketones is 1. The van der Waals surface area contributed by atoms with Crippen LogP contribution in [0.5, 0.6) is 5.75 Å². The Kier molecular flexibility index (Phi) is 7.32. The van der Waals surface area contributed by atoms with E-state index < -0.39 is 5.54 Å². The molecule has 34 heavy (non-hydrogen) atoms. The fraction of sp³-hybridized carbons (Fsp3) is 0.444. The molecule has 2 aliphatic heterocycles. The molecule has 4 rings (SSSR count). The number of benzene rings is 2. The van der Waals surface area contributed by atoms with E-state index in [1.165, 1.54) is 11.9 Å². The molecule has 180 valence electrons. The zero-order valence-corrected chi connectivity index (χ0v) is 20.0. The van der Waals surface area contributed by atoms with Crippen molar-refractivity contribution in [2.45, 2.75) is 44.1 Å². The number of methoxy groups -OCH3 is 1. The van der Waals surface area contributed by atoms with Gasteiger partial charge >= 0.3 is 6.03 Å². The maximum Gasteiger partial charge on any atom is 0.324 e. The number of ether oxygens (including phenoxy) is 1. The van der Waals surface area contributed by atoms with E-state index in [4.69, 9.17) is 4.74 Å². The van der Waals surface area contributed by atoms with Crippen LogP contribution >= 0.6 is 0 Å². The molecule has 2 aliphatic rings. The predicted molar refractivity (Wildman–Crippen MR) is 131 cm³/mol. The van der Waals surface area contributed by atoms with Crippen molar-refractivity contribution in [1.29, 1.82) is 0 Å². The van der Waals surface area contributed by atoms with Gasteiger partial charge in [-0.1, -0.05) is 42.8 Å². The van der Waals surface area contributed by atoms with Gasteiger partial charge in [-0.25, -0.2) is 4.79 Å². The number of unbranched alkanes of at least 4 members (excludes halogenated alkanes) is 2. The number of likely N-dealkylation sites (tertiary alicyclic amines) is 1. The van der Waals surface area contributed by atoms with Crippen LogP contribution in [-0.2, 0) is 4.79 Å². The smallest absolute Gasteiger partial charge is 0.324 e. The van der Waals surface area contributed by atoms with Crippen LogP contribution in [0.15, 0.2) is 48.5 Å². The van der Waals surface area contributed by atoms with Gasteiger partial charge in [-0.2, -0.15) is 0 Å². The molecule has 1 spiro atoms. The maximum atomic E-state index is 12.9. The van der Waals surface area contributed by atoms with Crippen molar-refractivity contribution in [2.24, 2.45) is 0 Å². The molecule has 2 aromatic carbocycles. The standard InChI is InChI=1S/C27H33N3O4/c1-29-25(32)27(28-26(29)33)14-17-30(18-15-27)16-8-4-7-11-23(31)22-19-21(12-13-24(22)34-2)20-9-5-3-6-10-20/h3,5-6,9-10,12-13,19H,4,7-8,11,14-18H2,1-2H3,(H,28,33). The lowest BCUT2D eigenvalue weighted by Gasteiger charge is -2.37. The molecular weight excluding hydrogens is 430 g/mol. The third-order valence-corrected chi connectivity index (χ3v) is 7.06. The van der Waals surface area contributed by atoms with Crippen LogP contribution in [0, 0.1) is 0 Å². The quantitative estimate of drug-likeness (QED) is 0.344. The Bertz CT molecular complexity index is 1050. The monoisotopic (exact) mass is 463 g/mol. The topological polar surface area (TPSA) is 79.0 Å². The van der Waals surface area contributed by atoms with Gasteiger partial charge in [-0.3, -0.25) is 14.5 Å². The number of piperidine rings is 1. The summed E-state index contributed by atoms with van der Waals surface area (Å²) >= 11 is 0. The van der Waals surface area contributed by atoms with Gasteiger partial charge in [0.1, 0.15) is 11.3 Å². The van der Waals surface area contributed by atoms with Gasteiger partial charge in [0.05, 0.1) is 12.7 Å². The van der Waals surface area contributed by atoms with Crippen molar-refractivity contribution in [3.8, 4) is 16.9 Å². The van der Waals surface area contributed by atoms with Gasteiger partial charge in [0.25, 0.3) is 5.91 Å². The summed E-state index contributed by atoms with van der Waals surface area (Å²) < 4.78 is 5.44. The first-order chi connectivity index (χ1) is 16.4. The van der Waals surface area contributed by atoms with Crippen molar-refractivity contribution in [3.05, 3.63) is 54.1 Å². The van der Waals surface area contributed by atoms with Crippen LogP contribution in [0.25, 0.3) is 11.1 Å². The number of hydrogen-bond donors (Lipinski definition) is 1. The van der Waals surface area contributed by atoms with Crippen LogP contribution < -0.4 is 10.1 Å². The maximum absolute atomic E-state index is 12.9. The fourth-order valence-electron chi connectivity index (χ4n) is 4.92. The van der Waals surface area contributed by atoms with Crippen LogP contribution in [0.3, 0.4) is 0 Å². The molecule has 0 atom stereocenters. The van der Waals surface area contributed by atoms with E-state index in [-0.39, 0.29) is 17.7 Å². The van der Waals surface area contributed by atoms with Crippen molar-refractivity contribution >= 4 is 17.7 Å². The summed E-state index contributed by atoms with van der Waals surface area (Å²) in [6.07, 6.45) is 4.59. The molecule has 2 aromatic rings. The summed E-state index contributed by atoms with van der Waals surface area (Å²) in [5, 5.41) is 2.88. The number of amides is 3. The number of carbonyl (C=O) groups excluding carboxylic acids is 3. The lowest BCUT2D eigenvalue weighted by molar-refractivity contribution is -0.132. The Labute approximate surface area is 201 Å². The molecule has 0 bridgehead atoms. The van der Waals surface area contributed by atoms with Crippen LogP contribution in [0.4, 0.5) is 4.79 Å². The van der Waals surface area contributed by atoms with Gasteiger partial charge < -0.3 is 15.0 Å². The number of hydrogen-bond acceptors (Lipinski definition) is 5. The van der Waals surface area contributed by atoms with E-state index >= 15 is 0 Å². The SMILES string of the molecule is COc1ccc(-c2ccccc2)cc1C(=O)CCCCCN1CCC2(CC1)NC(=O)N(C)C2=O. The molecule has 7 nitrogen and oxygen atoms in total. The number of rotatable bonds is 9. The normalized spacial score (nSPS) is 17.8. The van der Waals surface area contributed by atoms with Crippen LogP contribution in [0.2, 0.25) is 0 Å². The van der Waals surface area contributed by atoms with E-state index in [2.05, 4.69) is 10.2 Å². The number of imide groups is 1. The molecule has 3 amide bonds. The van der Waals surface area contributed by atoms with E-state index in [0.717, 1.165) is 50.0 Å². The summed E-state index contributed by atoms with van der Waals surface area (Å²) in [6.45, 7) is 2.53. The minimum absolute atomic E-state index is 0.106. The predicted octanol–water partition coefficient (Wildman–Crippen LogP) is 4.12. The molecule has 0 unspecified atom stereocenters. The molecule has 2 heterocycles. The number of urea groups is 1. The first-order valence-corrected chi connectivity index (χ1v) is 12.0. The Balaban J connectivity index is 1.22. The number of carbonyl (C=O) groups is 3. The summed E-state index contributed by atoms with van der Waals surface area (Å²) in [4.78, 5) is 40.7. The number of likely N-dealkylation sites (N-methyl/N-ethyl adjacent to an activating group) is 1. The van der Waals surface area contributed by atoms with Gasteiger partial charge in [-0.05, 0) is 55.5 Å². The average molecular weight is 464 g/mol. The molecule has 0 aliphatic carbocycles. The van der Waals surface area contributed by atoms with Gasteiger partial charge in [0.2, 0.25) is 0 Å². The average Bonchev–Trinajstić information content (AvgIpc) is 3.08. The molecule has 2 fully saturated rings. The molecule has 0 radical (unpaired) electrons. The number of nitrogens with one attached hydrogen (secondary N) is 1. The lowest BCUT2D eigenvalue weighted by Crippen LogP contribution is -2.54. The summed E-state index contributed by atoms with van der Waals surface area (Å²) in [5.74, 6) is 0.614. The van der Waals surface area contributed by atoms with Gasteiger partial charge in [0.15, 0.2) is 5.78 Å². The summed E-state index contributed by atoms with van der Waals surface area (Å²) in [6, 6.07) is 15.5. The highest BCUT2D eigenvalue weighted by atomic mass is 16.5. The summed E-state index contributed by atoms with van der Waals surface area (Å²) in [7, 11) is 3.13. The zero-order chi connectivity index (χ0) is 24.1. The van der Waals surface area contributed by atoms with Crippen molar-refractivity contribution in [3.63, 3.8) is 0 Å². The van der Waals surface area contributed by atoms with Crippen molar-refractivity contribution in [1.82, 2.24) is 15.1 Å². The van der Waals surface area contributed by atoms with Gasteiger partial charge in [0, 0.05) is 26.6 Å². The van der Waals surface area contributed by atoms with E-state index in [1.807, 2.05) is 48.5 Å². The third-order valence-electron chi connectivity index (χ3n) is 7.06. The van der Waals surface area contributed by atoms with Crippen LogP contribution in [-0.4, -0.2) is 66.9 Å². The Morgan fingerprint density at radius 2 is 1.74 bits per heavy atom. The molecule has 0 aromatic heterocycles. The first-order valence-electron chi connectivity index (χ1n) is 12.0. The second-order valence-corrected chi connectivity index (χ2v) is 9.23. The number of nitrogens with zero attached hydrogens (tertiary/aromatic N) is 2. The van der Waals surface area contributed by atoms with E-state index in [0.29, 0.717) is 30.6 Å². The highest BCUT2D eigenvalue weighted by molar-refractivity contribution is 6.06. The molecular formula is C27H33N3O4. The highest BCUT2D eigenvalue weighted by Crippen LogP contribution is 2.30. The van der Waals surface area contributed by atoms with E-state index in [1.54, 1.807) is 7.11 Å². The molecule has 0 saturated carbocycles. The van der Waals surface area contributed by atoms with Crippen molar-refractivity contribution in [2.75, 3.05) is 33.8 Å². The Morgan fingerprint density at radius 3 is 2.38 bits per heavy atom. The zero-order valence-electron chi connectivity index (χ0n) is 20.0. The second kappa shape index (κ2) is 10.4. The second-order valence-electron chi connectivity index (χ2n) is 9.23. The molecule has 2 saturated heterocycles. The lowest BCUT2D eigenvalue weighted by atomic mass is 9.87. The molecule has 7 heteroatoms. The third kappa shape index (κ3) is 4.99. The van der Waals surface area contributed by atoms with Crippen LogP contribution in [0.1, 0.15) is 48.9 Å². The van der Waals surface area contributed by atoms with Crippen molar-refractivity contribution < 1.29 is 19.1 Å².